The second-order valence-electron chi connectivity index (χ2n) is 4.01. The van der Waals surface area contributed by atoms with E-state index in [2.05, 4.69) is 4.74 Å². The minimum atomic E-state index is -1.55. The lowest BCUT2D eigenvalue weighted by atomic mass is 9.86. The lowest BCUT2D eigenvalue weighted by molar-refractivity contribution is -0.156. The Balaban J connectivity index is 2.27. The number of carbonyl (C=O) groups excluding carboxylic acids is 1. The molecule has 0 saturated carbocycles. The van der Waals surface area contributed by atoms with E-state index in [0.717, 1.165) is 11.1 Å². The molecule has 1 aromatic carbocycles. The van der Waals surface area contributed by atoms with Crippen molar-refractivity contribution in [2.24, 2.45) is 0 Å². The number of esters is 1. The fourth-order valence-corrected chi connectivity index (χ4v) is 1.90. The highest BCUT2D eigenvalue weighted by Gasteiger charge is 2.36. The van der Waals surface area contributed by atoms with Gasteiger partial charge in [0.15, 0.2) is 5.60 Å². The predicted octanol–water partition coefficient (Wildman–Crippen LogP) is 1.93. The first-order chi connectivity index (χ1) is 8.15. The van der Waals surface area contributed by atoms with Crippen LogP contribution in [-0.2, 0) is 9.53 Å². The molecule has 2 rings (SSSR count). The SMILES string of the molecule is COC(=O)C1(O)C=CC=C(c2ccccc2)C1. The summed E-state index contributed by atoms with van der Waals surface area (Å²) in [6.45, 7) is 0. The second-order valence-corrected chi connectivity index (χ2v) is 4.01. The van der Waals surface area contributed by atoms with Crippen LogP contribution in [0.25, 0.3) is 5.57 Å². The molecule has 0 spiro atoms. The van der Waals surface area contributed by atoms with Crippen LogP contribution in [0.3, 0.4) is 0 Å². The van der Waals surface area contributed by atoms with Crippen molar-refractivity contribution in [3.8, 4) is 0 Å². The van der Waals surface area contributed by atoms with Crippen LogP contribution in [0.5, 0.6) is 0 Å². The second kappa shape index (κ2) is 4.55. The Morgan fingerprint density at radius 1 is 1.35 bits per heavy atom. The molecule has 88 valence electrons. The maximum Gasteiger partial charge on any atom is 0.342 e. The van der Waals surface area contributed by atoms with Gasteiger partial charge >= 0.3 is 5.97 Å². The quantitative estimate of drug-likeness (QED) is 0.790. The van der Waals surface area contributed by atoms with Gasteiger partial charge in [-0.2, -0.15) is 0 Å². The van der Waals surface area contributed by atoms with E-state index in [4.69, 9.17) is 0 Å². The van der Waals surface area contributed by atoms with Gasteiger partial charge in [0, 0.05) is 6.42 Å². The zero-order valence-electron chi connectivity index (χ0n) is 9.59. The molecule has 0 saturated heterocycles. The number of ether oxygens (including phenoxy) is 1. The van der Waals surface area contributed by atoms with Gasteiger partial charge in [0.1, 0.15) is 0 Å². The minimum Gasteiger partial charge on any atom is -0.467 e. The summed E-state index contributed by atoms with van der Waals surface area (Å²) < 4.78 is 4.61. The van der Waals surface area contributed by atoms with E-state index >= 15 is 0 Å². The average molecular weight is 230 g/mol. The summed E-state index contributed by atoms with van der Waals surface area (Å²) in [4.78, 5) is 11.5. The fraction of sp³-hybridized carbons (Fsp3) is 0.214. The molecule has 1 atom stereocenters. The lowest BCUT2D eigenvalue weighted by Gasteiger charge is -2.25. The molecule has 0 aliphatic heterocycles. The van der Waals surface area contributed by atoms with Crippen LogP contribution in [0.4, 0.5) is 0 Å². The molecule has 1 unspecified atom stereocenters. The normalized spacial score (nSPS) is 23.1. The molecular formula is C14H14O3. The van der Waals surface area contributed by atoms with Crippen molar-refractivity contribution in [2.45, 2.75) is 12.0 Å². The van der Waals surface area contributed by atoms with E-state index in [-0.39, 0.29) is 6.42 Å². The molecule has 1 aromatic rings. The first-order valence-electron chi connectivity index (χ1n) is 5.40. The van der Waals surface area contributed by atoms with Crippen molar-refractivity contribution in [3.05, 3.63) is 54.1 Å². The minimum absolute atomic E-state index is 0.236. The fourth-order valence-electron chi connectivity index (χ4n) is 1.90. The highest BCUT2D eigenvalue weighted by atomic mass is 16.5. The number of benzene rings is 1. The molecule has 1 aliphatic carbocycles. The van der Waals surface area contributed by atoms with Crippen LogP contribution >= 0.6 is 0 Å². The van der Waals surface area contributed by atoms with Crippen molar-refractivity contribution >= 4 is 11.5 Å². The summed E-state index contributed by atoms with van der Waals surface area (Å²) >= 11 is 0. The highest BCUT2D eigenvalue weighted by Crippen LogP contribution is 2.30. The van der Waals surface area contributed by atoms with Crippen LogP contribution in [0.2, 0.25) is 0 Å². The third kappa shape index (κ3) is 2.29. The lowest BCUT2D eigenvalue weighted by Crippen LogP contribution is -2.38. The molecule has 3 heteroatoms. The molecular weight excluding hydrogens is 216 g/mol. The van der Waals surface area contributed by atoms with Gasteiger partial charge in [-0.1, -0.05) is 42.5 Å². The van der Waals surface area contributed by atoms with Gasteiger partial charge in [0.05, 0.1) is 7.11 Å². The van der Waals surface area contributed by atoms with Crippen molar-refractivity contribution in [3.63, 3.8) is 0 Å². The molecule has 17 heavy (non-hydrogen) atoms. The maximum atomic E-state index is 11.5. The van der Waals surface area contributed by atoms with Crippen LogP contribution in [0, 0.1) is 0 Å². The summed E-state index contributed by atoms with van der Waals surface area (Å²) in [6.07, 6.45) is 5.28. The summed E-state index contributed by atoms with van der Waals surface area (Å²) in [5.74, 6) is -0.629. The number of carbonyl (C=O) groups is 1. The van der Waals surface area contributed by atoms with E-state index in [1.54, 1.807) is 6.08 Å². The monoisotopic (exact) mass is 230 g/mol. The van der Waals surface area contributed by atoms with Crippen molar-refractivity contribution < 1.29 is 14.6 Å². The standard InChI is InChI=1S/C14H14O3/c1-17-13(15)14(16)9-5-8-12(10-14)11-6-3-2-4-7-11/h2-9,16H,10H2,1H3. The van der Waals surface area contributed by atoms with Crippen LogP contribution in [0.15, 0.2) is 48.6 Å². The van der Waals surface area contributed by atoms with Gasteiger partial charge in [-0.15, -0.1) is 0 Å². The third-order valence-electron chi connectivity index (χ3n) is 2.81. The Hall–Kier alpha value is -1.87. The number of hydrogen-bond donors (Lipinski definition) is 1. The Morgan fingerprint density at radius 2 is 2.06 bits per heavy atom. The Kier molecular flexibility index (Phi) is 3.11. The van der Waals surface area contributed by atoms with Crippen LogP contribution in [0.1, 0.15) is 12.0 Å². The van der Waals surface area contributed by atoms with Crippen LogP contribution < -0.4 is 0 Å². The number of rotatable bonds is 2. The predicted molar refractivity (Wildman–Crippen MR) is 65.1 cm³/mol. The molecule has 0 fully saturated rings. The summed E-state index contributed by atoms with van der Waals surface area (Å²) in [6, 6.07) is 9.66. The zero-order valence-corrected chi connectivity index (χ0v) is 9.59. The van der Waals surface area contributed by atoms with Gasteiger partial charge in [-0.25, -0.2) is 4.79 Å². The molecule has 0 aromatic heterocycles. The van der Waals surface area contributed by atoms with E-state index in [9.17, 15) is 9.90 Å². The van der Waals surface area contributed by atoms with E-state index < -0.39 is 11.6 Å². The molecule has 0 amide bonds. The average Bonchev–Trinajstić information content (AvgIpc) is 2.39. The van der Waals surface area contributed by atoms with E-state index in [1.807, 2.05) is 36.4 Å². The molecule has 0 heterocycles. The van der Waals surface area contributed by atoms with Crippen molar-refractivity contribution in [2.75, 3.05) is 7.11 Å². The van der Waals surface area contributed by atoms with Crippen LogP contribution in [-0.4, -0.2) is 23.8 Å². The molecule has 1 aliphatic rings. The van der Waals surface area contributed by atoms with Gasteiger partial charge in [-0.05, 0) is 17.2 Å². The molecule has 0 bridgehead atoms. The third-order valence-corrected chi connectivity index (χ3v) is 2.81. The topological polar surface area (TPSA) is 46.5 Å². The molecule has 3 nitrogen and oxygen atoms in total. The molecule has 1 N–H and O–H groups in total. The Labute approximate surface area is 100 Å². The number of methoxy groups -OCH3 is 1. The van der Waals surface area contributed by atoms with E-state index in [0.29, 0.717) is 0 Å². The first-order valence-corrected chi connectivity index (χ1v) is 5.40. The largest absolute Gasteiger partial charge is 0.467 e. The number of allylic oxidation sites excluding steroid dienone is 2. The van der Waals surface area contributed by atoms with Crippen molar-refractivity contribution in [1.29, 1.82) is 0 Å². The first kappa shape index (κ1) is 11.6. The summed E-state index contributed by atoms with van der Waals surface area (Å²) in [5.41, 5.74) is 0.370. The number of hydrogen-bond acceptors (Lipinski definition) is 3. The summed E-state index contributed by atoms with van der Waals surface area (Å²) in [7, 11) is 1.27. The molecule has 0 radical (unpaired) electrons. The maximum absolute atomic E-state index is 11.5. The number of aliphatic hydroxyl groups is 1. The smallest absolute Gasteiger partial charge is 0.342 e. The Morgan fingerprint density at radius 3 is 2.71 bits per heavy atom. The summed E-state index contributed by atoms with van der Waals surface area (Å²) in [5, 5.41) is 10.2. The van der Waals surface area contributed by atoms with Crippen molar-refractivity contribution in [1.82, 2.24) is 0 Å². The van der Waals surface area contributed by atoms with E-state index in [1.165, 1.54) is 13.2 Å². The van der Waals surface area contributed by atoms with Gasteiger partial charge in [0.25, 0.3) is 0 Å². The Bertz CT molecular complexity index is 474. The highest BCUT2D eigenvalue weighted by molar-refractivity contribution is 5.86. The van der Waals surface area contributed by atoms with Gasteiger partial charge in [0.2, 0.25) is 0 Å². The zero-order chi connectivity index (χ0) is 12.3. The van der Waals surface area contributed by atoms with Gasteiger partial charge in [-0.3, -0.25) is 0 Å². The van der Waals surface area contributed by atoms with Gasteiger partial charge < -0.3 is 9.84 Å².